The molecule has 1 aromatic heterocycles. The SMILES string of the molecule is Cc1cc(NC(=O)CC(C)(C)N)cnc1Br. The molecule has 1 rings (SSSR count). The van der Waals surface area contributed by atoms with E-state index >= 15 is 0 Å². The van der Waals surface area contributed by atoms with Crippen LogP contribution in [0.4, 0.5) is 5.69 Å². The Morgan fingerprint density at radius 2 is 2.25 bits per heavy atom. The van der Waals surface area contributed by atoms with E-state index in [1.807, 2.05) is 26.8 Å². The minimum absolute atomic E-state index is 0.101. The van der Waals surface area contributed by atoms with Crippen LogP contribution in [-0.4, -0.2) is 16.4 Å². The molecule has 0 bridgehead atoms. The first-order chi connectivity index (χ1) is 7.28. The maximum atomic E-state index is 11.6. The molecule has 1 heterocycles. The number of pyridine rings is 1. The number of halogens is 1. The van der Waals surface area contributed by atoms with Crippen LogP contribution in [0.25, 0.3) is 0 Å². The van der Waals surface area contributed by atoms with Gasteiger partial charge in [-0.05, 0) is 48.3 Å². The van der Waals surface area contributed by atoms with Crippen molar-refractivity contribution in [2.75, 3.05) is 5.32 Å². The minimum Gasteiger partial charge on any atom is -0.325 e. The van der Waals surface area contributed by atoms with Crippen LogP contribution in [-0.2, 0) is 4.79 Å². The average Bonchev–Trinajstić information content (AvgIpc) is 2.08. The molecule has 0 saturated heterocycles. The Kier molecular flexibility index (Phi) is 4.04. The fourth-order valence-electron chi connectivity index (χ4n) is 1.25. The number of nitrogens with one attached hydrogen (secondary N) is 1. The highest BCUT2D eigenvalue weighted by atomic mass is 79.9. The van der Waals surface area contributed by atoms with Gasteiger partial charge in [0.1, 0.15) is 4.60 Å². The number of nitrogens with two attached hydrogens (primary N) is 1. The zero-order chi connectivity index (χ0) is 12.3. The second-order valence-electron chi connectivity index (χ2n) is 4.55. The molecule has 0 atom stereocenters. The number of nitrogens with zero attached hydrogens (tertiary/aromatic N) is 1. The summed E-state index contributed by atoms with van der Waals surface area (Å²) in [5.41, 5.74) is 6.93. The number of anilines is 1. The molecule has 0 unspecified atom stereocenters. The second-order valence-corrected chi connectivity index (χ2v) is 5.30. The van der Waals surface area contributed by atoms with E-state index in [0.717, 1.165) is 10.2 Å². The molecule has 0 spiro atoms. The normalized spacial score (nSPS) is 11.3. The van der Waals surface area contributed by atoms with Crippen LogP contribution in [0.2, 0.25) is 0 Å². The molecule has 1 amide bonds. The number of carbonyl (C=O) groups is 1. The van der Waals surface area contributed by atoms with Crippen molar-refractivity contribution in [2.45, 2.75) is 32.7 Å². The van der Waals surface area contributed by atoms with Gasteiger partial charge in [-0.1, -0.05) is 0 Å². The molecule has 0 fully saturated rings. The van der Waals surface area contributed by atoms with E-state index in [2.05, 4.69) is 26.2 Å². The number of amides is 1. The quantitative estimate of drug-likeness (QED) is 0.837. The largest absolute Gasteiger partial charge is 0.325 e. The molecule has 0 saturated carbocycles. The average molecular weight is 286 g/mol. The van der Waals surface area contributed by atoms with Crippen LogP contribution in [0.1, 0.15) is 25.8 Å². The number of carbonyl (C=O) groups excluding carboxylic acids is 1. The predicted molar refractivity (Wildman–Crippen MR) is 68.2 cm³/mol. The van der Waals surface area contributed by atoms with Gasteiger partial charge in [-0.15, -0.1) is 0 Å². The molecule has 16 heavy (non-hydrogen) atoms. The van der Waals surface area contributed by atoms with E-state index in [1.54, 1.807) is 6.20 Å². The topological polar surface area (TPSA) is 68.0 Å². The Hall–Kier alpha value is -0.940. The molecule has 88 valence electrons. The monoisotopic (exact) mass is 285 g/mol. The van der Waals surface area contributed by atoms with Crippen LogP contribution in [0, 0.1) is 6.92 Å². The number of aromatic nitrogens is 1. The lowest BCUT2D eigenvalue weighted by Gasteiger charge is -2.17. The lowest BCUT2D eigenvalue weighted by atomic mass is 10.0. The third kappa shape index (κ3) is 4.28. The molecule has 5 heteroatoms. The summed E-state index contributed by atoms with van der Waals surface area (Å²) in [6.07, 6.45) is 1.89. The second kappa shape index (κ2) is 4.93. The van der Waals surface area contributed by atoms with Crippen molar-refractivity contribution in [2.24, 2.45) is 5.73 Å². The maximum absolute atomic E-state index is 11.6. The van der Waals surface area contributed by atoms with E-state index in [1.165, 1.54) is 0 Å². The van der Waals surface area contributed by atoms with Crippen LogP contribution >= 0.6 is 15.9 Å². The van der Waals surface area contributed by atoms with Gasteiger partial charge in [-0.2, -0.15) is 0 Å². The van der Waals surface area contributed by atoms with Crippen LogP contribution in [0.5, 0.6) is 0 Å². The van der Waals surface area contributed by atoms with Crippen molar-refractivity contribution < 1.29 is 4.79 Å². The number of hydrogen-bond donors (Lipinski definition) is 2. The number of aryl methyl sites for hydroxylation is 1. The summed E-state index contributed by atoms with van der Waals surface area (Å²) in [4.78, 5) is 15.7. The Labute approximate surface area is 104 Å². The van der Waals surface area contributed by atoms with Crippen molar-refractivity contribution in [3.63, 3.8) is 0 Å². The Bertz CT molecular complexity index is 399. The fourth-order valence-corrected chi connectivity index (χ4v) is 1.46. The summed E-state index contributed by atoms with van der Waals surface area (Å²) < 4.78 is 0.782. The third-order valence-electron chi connectivity index (χ3n) is 1.91. The van der Waals surface area contributed by atoms with Crippen LogP contribution in [0.3, 0.4) is 0 Å². The zero-order valence-electron chi connectivity index (χ0n) is 9.67. The van der Waals surface area contributed by atoms with Gasteiger partial charge < -0.3 is 11.1 Å². The van der Waals surface area contributed by atoms with Crippen LogP contribution in [0.15, 0.2) is 16.9 Å². The van der Waals surface area contributed by atoms with Gasteiger partial charge in [-0.3, -0.25) is 4.79 Å². The molecule has 1 aromatic rings. The Morgan fingerprint density at radius 3 is 2.75 bits per heavy atom. The van der Waals surface area contributed by atoms with Crippen molar-refractivity contribution >= 4 is 27.5 Å². The molecule has 0 aromatic carbocycles. The van der Waals surface area contributed by atoms with Crippen molar-refractivity contribution in [1.82, 2.24) is 4.98 Å². The third-order valence-corrected chi connectivity index (χ3v) is 2.74. The highest BCUT2D eigenvalue weighted by Crippen LogP contribution is 2.17. The minimum atomic E-state index is -0.498. The molecule has 0 aliphatic heterocycles. The molecule has 3 N–H and O–H groups in total. The predicted octanol–water partition coefficient (Wildman–Crippen LogP) is 2.22. The molecular weight excluding hydrogens is 270 g/mol. The Morgan fingerprint density at radius 1 is 1.62 bits per heavy atom. The van der Waals surface area contributed by atoms with Crippen LogP contribution < -0.4 is 11.1 Å². The zero-order valence-corrected chi connectivity index (χ0v) is 11.3. The van der Waals surface area contributed by atoms with E-state index < -0.39 is 5.54 Å². The van der Waals surface area contributed by atoms with E-state index in [4.69, 9.17) is 5.73 Å². The Balaban J connectivity index is 2.67. The summed E-state index contributed by atoms with van der Waals surface area (Å²) in [6, 6.07) is 1.86. The number of hydrogen-bond acceptors (Lipinski definition) is 3. The van der Waals surface area contributed by atoms with Gasteiger partial charge >= 0.3 is 0 Å². The first-order valence-corrected chi connectivity index (χ1v) is 5.78. The lowest BCUT2D eigenvalue weighted by molar-refractivity contribution is -0.117. The van der Waals surface area contributed by atoms with E-state index in [0.29, 0.717) is 5.69 Å². The lowest BCUT2D eigenvalue weighted by Crippen LogP contribution is -2.36. The molecule has 0 aliphatic rings. The summed E-state index contributed by atoms with van der Waals surface area (Å²) in [7, 11) is 0. The first-order valence-electron chi connectivity index (χ1n) is 4.99. The smallest absolute Gasteiger partial charge is 0.226 e. The summed E-state index contributed by atoms with van der Waals surface area (Å²) in [5, 5.41) is 2.76. The highest BCUT2D eigenvalue weighted by molar-refractivity contribution is 9.10. The first kappa shape index (κ1) is 13.1. The van der Waals surface area contributed by atoms with Gasteiger partial charge in [0.05, 0.1) is 11.9 Å². The van der Waals surface area contributed by atoms with Gasteiger partial charge in [-0.25, -0.2) is 4.98 Å². The fraction of sp³-hybridized carbons (Fsp3) is 0.455. The standard InChI is InChI=1S/C11H16BrN3O/c1-7-4-8(6-14-10(7)12)15-9(16)5-11(2,3)13/h4,6H,5,13H2,1-3H3,(H,15,16). The molecule has 0 aliphatic carbocycles. The van der Waals surface area contributed by atoms with Gasteiger partial charge in [0.15, 0.2) is 0 Å². The van der Waals surface area contributed by atoms with Crippen molar-refractivity contribution in [3.05, 3.63) is 22.4 Å². The van der Waals surface area contributed by atoms with Gasteiger partial charge in [0.25, 0.3) is 0 Å². The molecule has 0 radical (unpaired) electrons. The van der Waals surface area contributed by atoms with Crippen molar-refractivity contribution in [1.29, 1.82) is 0 Å². The van der Waals surface area contributed by atoms with E-state index in [9.17, 15) is 4.79 Å². The van der Waals surface area contributed by atoms with Gasteiger partial charge in [0.2, 0.25) is 5.91 Å². The summed E-state index contributed by atoms with van der Waals surface area (Å²) >= 11 is 3.30. The molecule has 4 nitrogen and oxygen atoms in total. The number of rotatable bonds is 3. The van der Waals surface area contributed by atoms with E-state index in [-0.39, 0.29) is 12.3 Å². The van der Waals surface area contributed by atoms with Crippen molar-refractivity contribution in [3.8, 4) is 0 Å². The maximum Gasteiger partial charge on any atom is 0.226 e. The molecular formula is C11H16BrN3O. The summed E-state index contributed by atoms with van der Waals surface area (Å²) in [6.45, 7) is 5.55. The summed E-state index contributed by atoms with van der Waals surface area (Å²) in [5.74, 6) is -0.101. The van der Waals surface area contributed by atoms with Gasteiger partial charge in [0, 0.05) is 12.0 Å². The highest BCUT2D eigenvalue weighted by Gasteiger charge is 2.16.